The van der Waals surface area contributed by atoms with Gasteiger partial charge in [-0.3, -0.25) is 0 Å². The van der Waals surface area contributed by atoms with Gasteiger partial charge in [0.15, 0.2) is 0 Å². The molecule has 3 saturated carbocycles. The van der Waals surface area contributed by atoms with E-state index >= 15 is 0 Å². The molecular formula is C21H30ClF. The van der Waals surface area contributed by atoms with Crippen molar-refractivity contribution in [2.75, 3.05) is 0 Å². The van der Waals surface area contributed by atoms with E-state index in [0.717, 1.165) is 23.8 Å². The lowest BCUT2D eigenvalue weighted by Gasteiger charge is -2.58. The number of allylic oxidation sites excluding steroid dienone is 4. The monoisotopic (exact) mass is 336 g/mol. The number of hydrogen-bond acceptors (Lipinski definition) is 0. The smallest absolute Gasteiger partial charge is 0.105 e. The van der Waals surface area contributed by atoms with Crippen LogP contribution in [0.15, 0.2) is 23.6 Å². The van der Waals surface area contributed by atoms with Crippen LogP contribution in [0.3, 0.4) is 0 Å². The minimum atomic E-state index is -0.136. The first kappa shape index (κ1) is 16.2. The molecule has 3 fully saturated rings. The van der Waals surface area contributed by atoms with Crippen molar-refractivity contribution in [1.29, 1.82) is 0 Å². The summed E-state index contributed by atoms with van der Waals surface area (Å²) in [5, 5.41) is -0.103. The molecule has 0 nitrogen and oxygen atoms in total. The van der Waals surface area contributed by atoms with Gasteiger partial charge in [0, 0.05) is 11.8 Å². The Labute approximate surface area is 145 Å². The SMILES string of the molecule is CC[C@H]1CC[C@H]2[C@@H]3C[C@H](Cl)C4=C(F)CC=C[C@]4(C)[C@H]3CC[C@]12C. The quantitative estimate of drug-likeness (QED) is 0.371. The second-order valence-corrected chi connectivity index (χ2v) is 9.54. The van der Waals surface area contributed by atoms with Crippen molar-refractivity contribution in [2.24, 2.45) is 34.5 Å². The zero-order valence-electron chi connectivity index (χ0n) is 14.7. The molecule has 0 aliphatic heterocycles. The van der Waals surface area contributed by atoms with Crippen LogP contribution in [-0.4, -0.2) is 5.38 Å². The van der Waals surface area contributed by atoms with Gasteiger partial charge < -0.3 is 0 Å². The third-order valence-electron chi connectivity index (χ3n) is 8.32. The Morgan fingerprint density at radius 1 is 1.22 bits per heavy atom. The van der Waals surface area contributed by atoms with E-state index in [1.807, 2.05) is 6.08 Å². The van der Waals surface area contributed by atoms with Crippen LogP contribution in [-0.2, 0) is 0 Å². The van der Waals surface area contributed by atoms with Gasteiger partial charge in [0.1, 0.15) is 5.83 Å². The van der Waals surface area contributed by atoms with Crippen molar-refractivity contribution >= 4 is 11.6 Å². The number of rotatable bonds is 1. The van der Waals surface area contributed by atoms with Gasteiger partial charge in [-0.25, -0.2) is 4.39 Å². The molecule has 0 spiro atoms. The minimum absolute atomic E-state index is 0.0552. The fourth-order valence-corrected chi connectivity index (χ4v) is 7.79. The van der Waals surface area contributed by atoms with Crippen LogP contribution in [0.4, 0.5) is 4.39 Å². The normalized spacial score (nSPS) is 52.1. The summed E-state index contributed by atoms with van der Waals surface area (Å²) < 4.78 is 14.6. The first-order valence-corrected chi connectivity index (χ1v) is 10.1. The van der Waals surface area contributed by atoms with Gasteiger partial charge in [-0.05, 0) is 66.8 Å². The van der Waals surface area contributed by atoms with Gasteiger partial charge in [0.2, 0.25) is 0 Å². The predicted molar refractivity (Wildman–Crippen MR) is 95.1 cm³/mol. The Bertz CT molecular complexity index is 564. The molecule has 0 unspecified atom stereocenters. The standard InChI is InChI=1S/C21H30ClF/c1-4-13-7-8-15-14-12-17(22)19-18(23)6-5-10-21(19,3)16(14)9-11-20(13,15)2/h5,10,13-17H,4,6-9,11-12H2,1-3H3/t13-,14-,15-,16-,17-,20+,21+/m0/s1. The molecular weight excluding hydrogens is 307 g/mol. The molecule has 128 valence electrons. The fraction of sp³-hybridized carbons (Fsp3) is 0.810. The second kappa shape index (κ2) is 5.35. The average Bonchev–Trinajstić information content (AvgIpc) is 2.83. The lowest BCUT2D eigenvalue weighted by Crippen LogP contribution is -2.52. The van der Waals surface area contributed by atoms with Crippen molar-refractivity contribution in [3.63, 3.8) is 0 Å². The van der Waals surface area contributed by atoms with Crippen LogP contribution in [0.5, 0.6) is 0 Å². The van der Waals surface area contributed by atoms with Crippen molar-refractivity contribution in [1.82, 2.24) is 0 Å². The van der Waals surface area contributed by atoms with Crippen molar-refractivity contribution in [3.8, 4) is 0 Å². The molecule has 23 heavy (non-hydrogen) atoms. The summed E-state index contributed by atoms with van der Waals surface area (Å²) in [5.74, 6) is 3.00. The maximum atomic E-state index is 14.6. The van der Waals surface area contributed by atoms with Crippen LogP contribution in [0.25, 0.3) is 0 Å². The van der Waals surface area contributed by atoms with Gasteiger partial charge >= 0.3 is 0 Å². The number of halogens is 2. The van der Waals surface area contributed by atoms with Gasteiger partial charge in [-0.15, -0.1) is 11.6 Å². The Morgan fingerprint density at radius 3 is 2.74 bits per heavy atom. The molecule has 0 aromatic heterocycles. The zero-order chi connectivity index (χ0) is 16.4. The number of hydrogen-bond donors (Lipinski definition) is 0. The maximum absolute atomic E-state index is 14.6. The molecule has 0 N–H and O–H groups in total. The van der Waals surface area contributed by atoms with Crippen molar-refractivity contribution < 1.29 is 4.39 Å². The summed E-state index contributed by atoms with van der Waals surface area (Å²) in [6.45, 7) is 7.17. The zero-order valence-corrected chi connectivity index (χ0v) is 15.5. The topological polar surface area (TPSA) is 0 Å². The Hall–Kier alpha value is -0.300. The third kappa shape index (κ3) is 2.08. The van der Waals surface area contributed by atoms with Crippen molar-refractivity contribution in [2.45, 2.75) is 71.1 Å². The predicted octanol–water partition coefficient (Wildman–Crippen LogP) is 6.66. The molecule has 7 atom stereocenters. The Morgan fingerprint density at radius 2 is 2.00 bits per heavy atom. The highest BCUT2D eigenvalue weighted by Gasteiger charge is 2.59. The highest BCUT2D eigenvalue weighted by molar-refractivity contribution is 6.22. The van der Waals surface area contributed by atoms with E-state index in [9.17, 15) is 4.39 Å². The largest absolute Gasteiger partial charge is 0.211 e. The van der Waals surface area contributed by atoms with E-state index in [1.165, 1.54) is 32.1 Å². The molecule has 4 rings (SSSR count). The van der Waals surface area contributed by atoms with Crippen LogP contribution >= 0.6 is 11.6 Å². The van der Waals surface area contributed by atoms with E-state index in [0.29, 0.717) is 23.7 Å². The molecule has 0 aromatic rings. The van der Waals surface area contributed by atoms with Gasteiger partial charge in [-0.1, -0.05) is 39.3 Å². The van der Waals surface area contributed by atoms with Gasteiger partial charge in [-0.2, -0.15) is 0 Å². The molecule has 2 heteroatoms. The molecule has 0 amide bonds. The molecule has 0 aromatic carbocycles. The molecule has 4 aliphatic carbocycles. The van der Waals surface area contributed by atoms with E-state index in [1.54, 1.807) is 0 Å². The van der Waals surface area contributed by atoms with E-state index in [-0.39, 0.29) is 16.6 Å². The molecule has 0 saturated heterocycles. The van der Waals surface area contributed by atoms with E-state index in [2.05, 4.69) is 26.8 Å². The summed E-state index contributed by atoms with van der Waals surface area (Å²) in [5.41, 5.74) is 1.29. The summed E-state index contributed by atoms with van der Waals surface area (Å²) in [6, 6.07) is 0. The lowest BCUT2D eigenvalue weighted by molar-refractivity contribution is -0.0343. The van der Waals surface area contributed by atoms with Gasteiger partial charge in [0.05, 0.1) is 5.38 Å². The highest BCUT2D eigenvalue weighted by atomic mass is 35.5. The Balaban J connectivity index is 1.73. The molecule has 4 aliphatic rings. The second-order valence-electron chi connectivity index (χ2n) is 9.01. The number of alkyl halides is 1. The Kier molecular flexibility index (Phi) is 3.76. The molecule has 0 radical (unpaired) electrons. The van der Waals surface area contributed by atoms with Crippen molar-refractivity contribution in [3.05, 3.63) is 23.6 Å². The highest BCUT2D eigenvalue weighted by Crippen LogP contribution is 2.67. The minimum Gasteiger partial charge on any atom is -0.211 e. The average molecular weight is 337 g/mol. The van der Waals surface area contributed by atoms with Gasteiger partial charge in [0.25, 0.3) is 0 Å². The summed E-state index contributed by atoms with van der Waals surface area (Å²) in [7, 11) is 0. The van der Waals surface area contributed by atoms with Crippen LogP contribution in [0, 0.1) is 34.5 Å². The van der Waals surface area contributed by atoms with E-state index < -0.39 is 0 Å². The first-order chi connectivity index (χ1) is 10.9. The van der Waals surface area contributed by atoms with Crippen LogP contribution in [0.2, 0.25) is 0 Å². The van der Waals surface area contributed by atoms with Crippen LogP contribution < -0.4 is 0 Å². The molecule has 0 heterocycles. The lowest BCUT2D eigenvalue weighted by atomic mass is 9.47. The summed E-state index contributed by atoms with van der Waals surface area (Å²) >= 11 is 6.77. The summed E-state index contributed by atoms with van der Waals surface area (Å²) in [6.07, 6.45) is 12.4. The van der Waals surface area contributed by atoms with E-state index in [4.69, 9.17) is 11.6 Å². The fourth-order valence-electron chi connectivity index (χ4n) is 7.23. The first-order valence-electron chi connectivity index (χ1n) is 9.62. The van der Waals surface area contributed by atoms with Crippen LogP contribution in [0.1, 0.15) is 65.7 Å². The maximum Gasteiger partial charge on any atom is 0.105 e. The summed E-state index contributed by atoms with van der Waals surface area (Å²) in [4.78, 5) is 0. The third-order valence-corrected chi connectivity index (χ3v) is 8.72. The molecule has 0 bridgehead atoms. The number of fused-ring (bicyclic) bond motifs is 5.